The van der Waals surface area contributed by atoms with Gasteiger partial charge in [0.25, 0.3) is 0 Å². The molecule has 2 aromatic rings. The number of aliphatic hydroxyl groups excluding tert-OH is 1. The molecule has 4 heteroatoms. The zero-order valence-electron chi connectivity index (χ0n) is 9.23. The number of nitrogens with one attached hydrogen (secondary N) is 1. The predicted octanol–water partition coefficient (Wildman–Crippen LogP) is 2.95. The quantitative estimate of drug-likeness (QED) is 0.911. The van der Waals surface area contributed by atoms with Crippen molar-refractivity contribution in [3.63, 3.8) is 0 Å². The van der Waals surface area contributed by atoms with Crippen LogP contribution in [0.3, 0.4) is 0 Å². The van der Waals surface area contributed by atoms with E-state index >= 15 is 0 Å². The predicted molar refractivity (Wildman–Crippen MR) is 71.6 cm³/mol. The monoisotopic (exact) mass is 292 g/mol. The molecule has 0 aliphatic carbocycles. The van der Waals surface area contributed by atoms with E-state index in [0.717, 1.165) is 27.8 Å². The Morgan fingerprint density at radius 1 is 1.12 bits per heavy atom. The Morgan fingerprint density at radius 3 is 2.53 bits per heavy atom. The Morgan fingerprint density at radius 2 is 1.88 bits per heavy atom. The molecule has 0 radical (unpaired) electrons. The molecule has 88 valence electrons. The molecule has 3 nitrogen and oxygen atoms in total. The van der Waals surface area contributed by atoms with E-state index in [-0.39, 0.29) is 6.61 Å². The fraction of sp³-hybridized carbons (Fsp3) is 0.154. The highest BCUT2D eigenvalue weighted by Crippen LogP contribution is 2.13. The summed E-state index contributed by atoms with van der Waals surface area (Å²) in [5.41, 5.74) is 3.06. The van der Waals surface area contributed by atoms with Crippen molar-refractivity contribution in [3.05, 3.63) is 58.3 Å². The average Bonchev–Trinajstić information content (AvgIpc) is 2.37. The highest BCUT2D eigenvalue weighted by atomic mass is 79.9. The maximum Gasteiger partial charge on any atom is 0.0681 e. The lowest BCUT2D eigenvalue weighted by Crippen LogP contribution is -1.99. The van der Waals surface area contributed by atoms with Crippen molar-refractivity contribution < 1.29 is 5.11 Å². The highest BCUT2D eigenvalue weighted by molar-refractivity contribution is 9.10. The molecule has 0 amide bonds. The minimum Gasteiger partial charge on any atom is -0.392 e. The van der Waals surface area contributed by atoms with Crippen LogP contribution in [0.25, 0.3) is 0 Å². The normalized spacial score (nSPS) is 10.2. The summed E-state index contributed by atoms with van der Waals surface area (Å²) in [6.45, 7) is 0.806. The number of anilines is 1. The molecule has 0 spiro atoms. The second-order valence-electron chi connectivity index (χ2n) is 3.72. The van der Waals surface area contributed by atoms with Crippen LogP contribution in [0.2, 0.25) is 0 Å². The number of benzene rings is 1. The largest absolute Gasteiger partial charge is 0.392 e. The van der Waals surface area contributed by atoms with Crippen LogP contribution in [0.4, 0.5) is 5.69 Å². The standard InChI is InChI=1S/C13H13BrN2O/c14-12-5-11(6-15-8-12)7-16-13-3-1-10(9-17)2-4-13/h1-6,8,16-17H,7,9H2. The van der Waals surface area contributed by atoms with Crippen LogP contribution in [-0.4, -0.2) is 10.1 Å². The van der Waals surface area contributed by atoms with Crippen LogP contribution in [-0.2, 0) is 13.2 Å². The van der Waals surface area contributed by atoms with Gasteiger partial charge in [-0.15, -0.1) is 0 Å². The summed E-state index contributed by atoms with van der Waals surface area (Å²) in [4.78, 5) is 4.10. The van der Waals surface area contributed by atoms with Crippen molar-refractivity contribution >= 4 is 21.6 Å². The van der Waals surface area contributed by atoms with Gasteiger partial charge in [-0.2, -0.15) is 0 Å². The van der Waals surface area contributed by atoms with Crippen molar-refractivity contribution in [2.45, 2.75) is 13.2 Å². The Balaban J connectivity index is 1.97. The lowest BCUT2D eigenvalue weighted by atomic mass is 10.2. The lowest BCUT2D eigenvalue weighted by molar-refractivity contribution is 0.282. The number of aliphatic hydroxyl groups is 1. The van der Waals surface area contributed by atoms with Gasteiger partial charge >= 0.3 is 0 Å². The molecule has 2 rings (SSSR count). The molecule has 0 saturated carbocycles. The molecular weight excluding hydrogens is 280 g/mol. The summed E-state index contributed by atoms with van der Waals surface area (Å²) in [7, 11) is 0. The van der Waals surface area contributed by atoms with Crippen molar-refractivity contribution in [2.24, 2.45) is 0 Å². The first kappa shape index (κ1) is 12.1. The number of aromatic nitrogens is 1. The molecule has 1 aromatic carbocycles. The van der Waals surface area contributed by atoms with Crippen LogP contribution in [0.1, 0.15) is 11.1 Å². The van der Waals surface area contributed by atoms with E-state index in [1.165, 1.54) is 0 Å². The third-order valence-electron chi connectivity index (χ3n) is 2.39. The van der Waals surface area contributed by atoms with E-state index in [4.69, 9.17) is 5.11 Å². The average molecular weight is 293 g/mol. The first-order chi connectivity index (χ1) is 8.28. The van der Waals surface area contributed by atoms with Crippen molar-refractivity contribution in [1.82, 2.24) is 4.98 Å². The zero-order valence-corrected chi connectivity index (χ0v) is 10.8. The van der Waals surface area contributed by atoms with Gasteiger partial charge < -0.3 is 10.4 Å². The van der Waals surface area contributed by atoms with Crippen molar-refractivity contribution in [2.75, 3.05) is 5.32 Å². The number of hydrogen-bond donors (Lipinski definition) is 2. The maximum absolute atomic E-state index is 8.93. The summed E-state index contributed by atoms with van der Waals surface area (Å²) in [6.07, 6.45) is 3.60. The second-order valence-corrected chi connectivity index (χ2v) is 4.64. The smallest absolute Gasteiger partial charge is 0.0681 e. The molecule has 1 aromatic heterocycles. The summed E-state index contributed by atoms with van der Waals surface area (Å²) in [5, 5.41) is 12.2. The molecule has 0 saturated heterocycles. The summed E-state index contributed by atoms with van der Waals surface area (Å²) in [5.74, 6) is 0. The third kappa shape index (κ3) is 3.54. The molecule has 2 N–H and O–H groups in total. The first-order valence-corrected chi connectivity index (χ1v) is 6.10. The molecule has 0 aliphatic rings. The van der Waals surface area contributed by atoms with Gasteiger partial charge in [0.1, 0.15) is 0 Å². The van der Waals surface area contributed by atoms with Gasteiger partial charge in [0.15, 0.2) is 0 Å². The Labute approximate surface area is 109 Å². The molecular formula is C13H13BrN2O. The van der Waals surface area contributed by atoms with E-state index < -0.39 is 0 Å². The minimum absolute atomic E-state index is 0.0792. The molecule has 1 heterocycles. The van der Waals surface area contributed by atoms with Crippen molar-refractivity contribution in [1.29, 1.82) is 0 Å². The topological polar surface area (TPSA) is 45.1 Å². The fourth-order valence-electron chi connectivity index (χ4n) is 1.48. The van der Waals surface area contributed by atoms with Gasteiger partial charge in [0, 0.05) is 29.1 Å². The molecule has 0 unspecified atom stereocenters. The van der Waals surface area contributed by atoms with Gasteiger partial charge in [0.2, 0.25) is 0 Å². The molecule has 0 bridgehead atoms. The zero-order chi connectivity index (χ0) is 12.1. The Bertz CT molecular complexity index is 485. The van der Waals surface area contributed by atoms with Gasteiger partial charge in [-0.05, 0) is 45.3 Å². The fourth-order valence-corrected chi connectivity index (χ4v) is 1.90. The van der Waals surface area contributed by atoms with Gasteiger partial charge in [-0.3, -0.25) is 4.98 Å². The minimum atomic E-state index is 0.0792. The number of pyridine rings is 1. The molecule has 17 heavy (non-hydrogen) atoms. The summed E-state index contributed by atoms with van der Waals surface area (Å²) in [6, 6.07) is 9.75. The number of hydrogen-bond acceptors (Lipinski definition) is 3. The SMILES string of the molecule is OCc1ccc(NCc2cncc(Br)c2)cc1. The number of rotatable bonds is 4. The summed E-state index contributed by atoms with van der Waals surface area (Å²) < 4.78 is 0.979. The van der Waals surface area contributed by atoms with Crippen molar-refractivity contribution in [3.8, 4) is 0 Å². The first-order valence-electron chi connectivity index (χ1n) is 5.31. The highest BCUT2D eigenvalue weighted by Gasteiger charge is 1.96. The van der Waals surface area contributed by atoms with Crippen LogP contribution < -0.4 is 5.32 Å². The van der Waals surface area contributed by atoms with E-state index in [9.17, 15) is 0 Å². The van der Waals surface area contributed by atoms with Crippen LogP contribution >= 0.6 is 15.9 Å². The van der Waals surface area contributed by atoms with E-state index in [1.807, 2.05) is 36.5 Å². The van der Waals surface area contributed by atoms with Crippen LogP contribution in [0, 0.1) is 0 Å². The number of halogens is 1. The van der Waals surface area contributed by atoms with Gasteiger partial charge in [-0.25, -0.2) is 0 Å². The second kappa shape index (κ2) is 5.80. The lowest BCUT2D eigenvalue weighted by Gasteiger charge is -2.07. The van der Waals surface area contributed by atoms with E-state index in [1.54, 1.807) is 6.20 Å². The van der Waals surface area contributed by atoms with Gasteiger partial charge in [-0.1, -0.05) is 12.1 Å². The maximum atomic E-state index is 8.93. The molecule has 0 fully saturated rings. The van der Waals surface area contributed by atoms with E-state index in [0.29, 0.717) is 0 Å². The number of nitrogens with zero attached hydrogens (tertiary/aromatic N) is 1. The van der Waals surface area contributed by atoms with Crippen LogP contribution in [0.5, 0.6) is 0 Å². The Kier molecular flexibility index (Phi) is 4.12. The third-order valence-corrected chi connectivity index (χ3v) is 2.83. The van der Waals surface area contributed by atoms with E-state index in [2.05, 4.69) is 26.2 Å². The molecule has 0 atom stereocenters. The van der Waals surface area contributed by atoms with Gasteiger partial charge in [0.05, 0.1) is 6.61 Å². The Hall–Kier alpha value is -1.39. The molecule has 0 aliphatic heterocycles. The summed E-state index contributed by atoms with van der Waals surface area (Å²) >= 11 is 3.39. The van der Waals surface area contributed by atoms with Crippen LogP contribution in [0.15, 0.2) is 47.2 Å².